The molecule has 0 amide bonds. The summed E-state index contributed by atoms with van der Waals surface area (Å²) in [5.41, 5.74) is 1.29. The molecule has 0 bridgehead atoms. The van der Waals surface area contributed by atoms with Crippen molar-refractivity contribution < 1.29 is 24.1 Å². The highest BCUT2D eigenvalue weighted by atomic mass is 16.7. The molecule has 1 saturated carbocycles. The number of nitrogens with zero attached hydrogens (tertiary/aromatic N) is 3. The summed E-state index contributed by atoms with van der Waals surface area (Å²) in [6.45, 7) is 1.81. The van der Waals surface area contributed by atoms with Crippen molar-refractivity contribution >= 4 is 5.69 Å². The number of benzene rings is 1. The van der Waals surface area contributed by atoms with Gasteiger partial charge in [0.05, 0.1) is 18.9 Å². The molecule has 2 aromatic rings. The summed E-state index contributed by atoms with van der Waals surface area (Å²) in [6.07, 6.45) is 2.26. The van der Waals surface area contributed by atoms with E-state index in [9.17, 15) is 10.4 Å². The minimum atomic E-state index is -0.543. The van der Waals surface area contributed by atoms with Crippen LogP contribution < -0.4 is 23.8 Å². The Morgan fingerprint density at radius 3 is 2.77 bits per heavy atom. The largest absolute Gasteiger partial charge is 0.488 e. The molecule has 1 aromatic carbocycles. The Labute approximate surface area is 174 Å². The number of nitriles is 1. The van der Waals surface area contributed by atoms with Crippen LogP contribution in [0, 0.1) is 23.2 Å². The number of methoxy groups -OCH3 is 1. The predicted molar refractivity (Wildman–Crippen MR) is 107 cm³/mol. The number of fused-ring (bicyclic) bond motifs is 2. The first-order chi connectivity index (χ1) is 14.7. The lowest BCUT2D eigenvalue weighted by molar-refractivity contribution is -0.0232. The van der Waals surface area contributed by atoms with Gasteiger partial charge in [0.2, 0.25) is 12.7 Å². The molecular weight excluding hydrogens is 386 g/mol. The van der Waals surface area contributed by atoms with E-state index >= 15 is 0 Å². The van der Waals surface area contributed by atoms with Gasteiger partial charge in [-0.1, -0.05) is 0 Å². The van der Waals surface area contributed by atoms with Crippen LogP contribution in [0.5, 0.6) is 23.1 Å². The van der Waals surface area contributed by atoms with Gasteiger partial charge in [0.15, 0.2) is 11.5 Å². The molecule has 2 fully saturated rings. The zero-order valence-corrected chi connectivity index (χ0v) is 16.7. The van der Waals surface area contributed by atoms with Gasteiger partial charge in [0, 0.05) is 25.4 Å². The molecule has 156 valence electrons. The van der Waals surface area contributed by atoms with Crippen molar-refractivity contribution in [1.82, 2.24) is 4.98 Å². The van der Waals surface area contributed by atoms with Gasteiger partial charge in [-0.25, -0.2) is 4.98 Å². The highest BCUT2D eigenvalue weighted by Gasteiger charge is 2.43. The summed E-state index contributed by atoms with van der Waals surface area (Å²) in [5, 5.41) is 20.3. The third kappa shape index (κ3) is 3.25. The summed E-state index contributed by atoms with van der Waals surface area (Å²) in [5.74, 6) is 3.11. The van der Waals surface area contributed by atoms with Crippen LogP contribution in [0.1, 0.15) is 18.4 Å². The molecule has 1 aliphatic carbocycles. The van der Waals surface area contributed by atoms with Crippen LogP contribution >= 0.6 is 0 Å². The number of aliphatic hydroxyl groups excluding tert-OH is 1. The lowest BCUT2D eigenvalue weighted by Gasteiger charge is -2.35. The number of hydrogen-bond donors (Lipinski definition) is 1. The molecule has 4 atom stereocenters. The Hall–Kier alpha value is -3.18. The minimum absolute atomic E-state index is 0.217. The highest BCUT2D eigenvalue weighted by Crippen LogP contribution is 2.42. The van der Waals surface area contributed by atoms with Crippen molar-refractivity contribution in [1.29, 1.82) is 5.26 Å². The number of ether oxygens (including phenoxy) is 4. The third-order valence-corrected chi connectivity index (χ3v) is 6.26. The molecule has 1 aromatic heterocycles. The molecule has 1 N–H and O–H groups in total. The van der Waals surface area contributed by atoms with E-state index in [1.807, 2.05) is 24.3 Å². The number of pyridine rings is 1. The third-order valence-electron chi connectivity index (χ3n) is 6.26. The van der Waals surface area contributed by atoms with E-state index in [4.69, 9.17) is 18.9 Å². The fourth-order valence-corrected chi connectivity index (χ4v) is 4.79. The fourth-order valence-electron chi connectivity index (χ4n) is 4.79. The molecule has 3 aliphatic rings. The van der Waals surface area contributed by atoms with E-state index < -0.39 is 6.10 Å². The van der Waals surface area contributed by atoms with Crippen LogP contribution in [0.25, 0.3) is 0 Å². The van der Waals surface area contributed by atoms with Crippen LogP contribution in [-0.4, -0.2) is 49.3 Å². The van der Waals surface area contributed by atoms with Crippen LogP contribution in [-0.2, 0) is 0 Å². The van der Waals surface area contributed by atoms with E-state index in [0.717, 1.165) is 25.2 Å². The standard InChI is InChI=1S/C22H23N3O5/c1-27-22-16(9-23)17(4-5-24-22)25-10-13-6-18(26)20(7-14(13)11-25)30-15-2-3-19-21(8-15)29-12-28-19/h2-5,8,13-14,18,20,26H,6-7,10-12H2,1H3/t13-,14+,18+,20+/m0/s1. The molecule has 1 saturated heterocycles. The van der Waals surface area contributed by atoms with Crippen molar-refractivity contribution in [2.45, 2.75) is 25.0 Å². The lowest BCUT2D eigenvalue weighted by Crippen LogP contribution is -2.42. The first kappa shape index (κ1) is 18.8. The van der Waals surface area contributed by atoms with Gasteiger partial charge in [0.25, 0.3) is 0 Å². The smallest absolute Gasteiger partial charge is 0.233 e. The van der Waals surface area contributed by atoms with Crippen LogP contribution in [0.15, 0.2) is 30.5 Å². The van der Waals surface area contributed by atoms with Crippen molar-refractivity contribution in [2.24, 2.45) is 11.8 Å². The summed E-state index contributed by atoms with van der Waals surface area (Å²) in [7, 11) is 1.52. The van der Waals surface area contributed by atoms with Gasteiger partial charge in [-0.05, 0) is 42.9 Å². The maximum absolute atomic E-state index is 10.7. The quantitative estimate of drug-likeness (QED) is 0.822. The monoisotopic (exact) mass is 409 g/mol. The summed E-state index contributed by atoms with van der Waals surface area (Å²) < 4.78 is 22.1. The molecule has 3 heterocycles. The second kappa shape index (κ2) is 7.58. The van der Waals surface area contributed by atoms with Crippen molar-refractivity contribution in [3.05, 3.63) is 36.0 Å². The molecule has 5 rings (SSSR count). The summed E-state index contributed by atoms with van der Waals surface area (Å²) in [6, 6.07) is 9.55. The van der Waals surface area contributed by atoms with Gasteiger partial charge >= 0.3 is 0 Å². The van der Waals surface area contributed by atoms with Crippen LogP contribution in [0.2, 0.25) is 0 Å². The average molecular weight is 409 g/mol. The number of aromatic nitrogens is 1. The maximum atomic E-state index is 10.7. The first-order valence-corrected chi connectivity index (χ1v) is 10.1. The number of aliphatic hydroxyl groups is 1. The Morgan fingerprint density at radius 1 is 1.17 bits per heavy atom. The Bertz CT molecular complexity index is 991. The number of rotatable bonds is 4. The molecular formula is C22H23N3O5. The Morgan fingerprint density at radius 2 is 1.97 bits per heavy atom. The van der Waals surface area contributed by atoms with Crippen LogP contribution in [0.3, 0.4) is 0 Å². The van der Waals surface area contributed by atoms with Gasteiger partial charge in [-0.2, -0.15) is 5.26 Å². The van der Waals surface area contributed by atoms with E-state index in [-0.39, 0.29) is 12.9 Å². The topological polar surface area (TPSA) is 97.1 Å². The van der Waals surface area contributed by atoms with E-state index in [1.165, 1.54) is 7.11 Å². The van der Waals surface area contributed by atoms with Gasteiger partial charge in [0.1, 0.15) is 23.5 Å². The summed E-state index contributed by atoms with van der Waals surface area (Å²) >= 11 is 0. The van der Waals surface area contributed by atoms with E-state index in [1.54, 1.807) is 6.20 Å². The second-order valence-corrected chi connectivity index (χ2v) is 7.96. The van der Waals surface area contributed by atoms with Gasteiger partial charge < -0.3 is 29.0 Å². The summed E-state index contributed by atoms with van der Waals surface area (Å²) in [4.78, 5) is 6.34. The molecule has 30 heavy (non-hydrogen) atoms. The maximum Gasteiger partial charge on any atom is 0.233 e. The van der Waals surface area contributed by atoms with Crippen molar-refractivity contribution in [3.8, 4) is 29.2 Å². The molecule has 0 spiro atoms. The SMILES string of the molecule is COc1nccc(N2C[C@H]3C[C@@H](Oc4ccc5c(c4)OCO5)[C@H](O)C[C@H]3C2)c1C#N. The molecule has 8 heteroatoms. The second-order valence-electron chi connectivity index (χ2n) is 7.96. The number of hydrogen-bond acceptors (Lipinski definition) is 8. The van der Waals surface area contributed by atoms with Crippen molar-refractivity contribution in [3.63, 3.8) is 0 Å². The zero-order valence-electron chi connectivity index (χ0n) is 16.7. The first-order valence-electron chi connectivity index (χ1n) is 10.1. The minimum Gasteiger partial charge on any atom is -0.488 e. The van der Waals surface area contributed by atoms with Crippen LogP contribution in [0.4, 0.5) is 5.69 Å². The van der Waals surface area contributed by atoms with Gasteiger partial charge in [-0.15, -0.1) is 0 Å². The Balaban J connectivity index is 1.31. The van der Waals surface area contributed by atoms with E-state index in [0.29, 0.717) is 46.9 Å². The van der Waals surface area contributed by atoms with E-state index in [2.05, 4.69) is 16.0 Å². The molecule has 0 unspecified atom stereocenters. The van der Waals surface area contributed by atoms with Gasteiger partial charge in [-0.3, -0.25) is 0 Å². The normalized spacial score (nSPS) is 26.8. The molecule has 0 radical (unpaired) electrons. The molecule has 8 nitrogen and oxygen atoms in total. The predicted octanol–water partition coefficient (Wildman–Crippen LogP) is 2.35. The fraction of sp³-hybridized carbons (Fsp3) is 0.455. The number of anilines is 1. The molecule has 2 aliphatic heterocycles. The highest BCUT2D eigenvalue weighted by molar-refractivity contribution is 5.63. The average Bonchev–Trinajstić information content (AvgIpc) is 3.39. The lowest BCUT2D eigenvalue weighted by atomic mass is 9.78. The Kier molecular flexibility index (Phi) is 4.75. The van der Waals surface area contributed by atoms with Crippen molar-refractivity contribution in [2.75, 3.05) is 31.9 Å². The zero-order chi connectivity index (χ0) is 20.7.